The molecular weight excluding hydrogens is 1130 g/mol. The Kier molecular flexibility index (Phi) is 24.8. The predicted molar refractivity (Wildman–Crippen MR) is 287 cm³/mol. The van der Waals surface area contributed by atoms with Gasteiger partial charge in [-0.05, 0) is 91.0 Å². The molecule has 0 saturated heterocycles. The Morgan fingerprint density at radius 1 is 0.512 bits per heavy atom. The zero-order valence-electron chi connectivity index (χ0n) is 42.3. The van der Waals surface area contributed by atoms with E-state index in [9.17, 15) is 28.3 Å². The number of unbranched alkanes of at least 4 members (excludes halogenated alkanes) is 1. The largest absolute Gasteiger partial charge is 0.505 e. The van der Waals surface area contributed by atoms with Crippen LogP contribution in [0, 0.1) is 6.92 Å². The number of nitrogens with one attached hydrogen (secondary N) is 1. The Morgan fingerprint density at radius 2 is 0.975 bits per heavy atom. The number of hydrogen-bond donors (Lipinski definition) is 5. The number of fused-ring (bicyclic) bond motifs is 1. The molecule has 0 heterocycles. The van der Waals surface area contributed by atoms with Crippen molar-refractivity contribution in [1.29, 1.82) is 0 Å². The Hall–Kier alpha value is -9.11. The van der Waals surface area contributed by atoms with Gasteiger partial charge < -0.3 is 34.8 Å². The second-order valence-corrected chi connectivity index (χ2v) is 18.3. The Balaban J connectivity index is 0.00000104. The standard InChI is InChI=1S/C49H47N9O9S.3O3S/c1-5-6-20-67-47-25-39(30(2)21-42(47)56-51-37-14-10-11-15-48(37)68(62,63)64)53-54-40-26-46(66-4)44(24-32(40)28-59)58-55-41-27-45(65-3)43(23-33(41)29-60)57-52-38-19-16-31-22-35(17-18-36(31)49(38)61)50-34-12-8-7-9-13-34;3*1-4(2)3/h7-19,21-27,50,59-61H,5-6,20,28-29H2,1-4H3,(H,62,63,64);;;. The Bertz CT molecular complexity index is 3840. The first kappa shape index (κ1) is 63.4. The molecule has 0 spiro atoms. The van der Waals surface area contributed by atoms with Gasteiger partial charge in [-0.15, -0.1) is 68.6 Å². The summed E-state index contributed by atoms with van der Waals surface area (Å²) >= 11 is 0. The zero-order chi connectivity index (χ0) is 58.9. The summed E-state index contributed by atoms with van der Waals surface area (Å²) in [5.41, 5.74) is 5.03. The van der Waals surface area contributed by atoms with Crippen LogP contribution in [-0.2, 0) is 55.2 Å². The first-order chi connectivity index (χ1) is 38.1. The van der Waals surface area contributed by atoms with Gasteiger partial charge in [-0.2, -0.15) is 18.6 Å². The van der Waals surface area contributed by atoms with Crippen molar-refractivity contribution in [1.82, 2.24) is 0 Å². The fraction of sp³-hybridized carbons (Fsp3) is 0.184. The molecule has 0 radical (unpaired) electrons. The van der Waals surface area contributed by atoms with Gasteiger partial charge >= 0.3 is 31.8 Å². The number of ether oxygens (including phenoxy) is 3. The third-order valence-electron chi connectivity index (χ3n) is 10.4. The fourth-order valence-corrected chi connectivity index (χ4v) is 7.38. The SMILES string of the molecule is CCCCOc1cc(N=Nc2cc(OC)c(N=Nc3cc(OC)c(N=Nc4ccc5cc(Nc6ccccc6)ccc5c4O)cc3CO)cc2CO)c(C)cc1N=Nc1ccccc1S(=O)(=O)O.O=S(=O)=O.O=S(=O)=O.O=S(=O)=O. The van der Waals surface area contributed by atoms with E-state index in [0.717, 1.165) is 29.6 Å². The Labute approximate surface area is 460 Å². The molecule has 31 heteroatoms. The topological polar surface area (TPSA) is 407 Å². The molecule has 0 bridgehead atoms. The van der Waals surface area contributed by atoms with E-state index in [0.29, 0.717) is 45.8 Å². The molecule has 80 heavy (non-hydrogen) atoms. The van der Waals surface area contributed by atoms with E-state index in [4.69, 9.17) is 52.1 Å². The predicted octanol–water partition coefficient (Wildman–Crippen LogP) is 10.7. The number of aliphatic hydroxyl groups excluding tert-OH is 2. The molecule has 5 N–H and O–H groups in total. The van der Waals surface area contributed by atoms with Gasteiger partial charge in [0.25, 0.3) is 10.1 Å². The molecule has 0 saturated carbocycles. The molecule has 0 aromatic heterocycles. The van der Waals surface area contributed by atoms with Crippen LogP contribution in [0.1, 0.15) is 36.5 Å². The Morgan fingerprint density at radius 3 is 1.49 bits per heavy atom. The minimum atomic E-state index is -4.55. The van der Waals surface area contributed by atoms with E-state index >= 15 is 0 Å². The first-order valence-corrected chi connectivity index (χ1v) is 27.1. The van der Waals surface area contributed by atoms with Gasteiger partial charge in [0.2, 0.25) is 0 Å². The maximum absolute atomic E-state index is 11.9. The number of phenolic OH excluding ortho intramolecular Hbond substituents is 1. The van der Waals surface area contributed by atoms with E-state index in [1.54, 1.807) is 61.5 Å². The highest BCUT2D eigenvalue weighted by Crippen LogP contribution is 2.43. The number of anilines is 2. The maximum Gasteiger partial charge on any atom is 0.425 e. The second kappa shape index (κ2) is 31.3. The van der Waals surface area contributed by atoms with Crippen molar-refractivity contribution in [3.8, 4) is 23.0 Å². The highest BCUT2D eigenvalue weighted by molar-refractivity contribution is 7.86. The number of para-hydroxylation sites is 1. The third-order valence-corrected chi connectivity index (χ3v) is 11.3. The monoisotopic (exact) mass is 1180 g/mol. The van der Waals surface area contributed by atoms with Gasteiger partial charge in [-0.25, -0.2) is 0 Å². The number of nitrogens with zero attached hydrogens (tertiary/aromatic N) is 8. The van der Waals surface area contributed by atoms with E-state index in [2.05, 4.69) is 46.2 Å². The zero-order valence-corrected chi connectivity index (χ0v) is 45.6. The fourth-order valence-electron chi connectivity index (χ4n) is 6.75. The number of aryl methyl sites for hydroxylation is 1. The molecule has 0 fully saturated rings. The van der Waals surface area contributed by atoms with Gasteiger partial charge in [0.1, 0.15) is 50.6 Å². The average molecular weight is 1180 g/mol. The van der Waals surface area contributed by atoms with Gasteiger partial charge in [0, 0.05) is 46.1 Å². The number of aliphatic hydroxyl groups is 2. The second-order valence-electron chi connectivity index (χ2n) is 15.6. The van der Waals surface area contributed by atoms with Gasteiger partial charge in [0.15, 0.2) is 5.75 Å². The molecule has 420 valence electrons. The van der Waals surface area contributed by atoms with Crippen LogP contribution in [0.3, 0.4) is 0 Å². The molecule has 7 aromatic carbocycles. The van der Waals surface area contributed by atoms with E-state index in [1.165, 1.54) is 32.4 Å². The quantitative estimate of drug-likeness (QED) is 0.0285. The maximum atomic E-state index is 11.9. The van der Waals surface area contributed by atoms with Crippen LogP contribution in [0.5, 0.6) is 23.0 Å². The third kappa shape index (κ3) is 19.7. The molecule has 0 aliphatic carbocycles. The summed E-state index contributed by atoms with van der Waals surface area (Å²) in [5, 5.41) is 71.4. The number of hydrogen-bond acceptors (Lipinski definition) is 26. The van der Waals surface area contributed by atoms with Crippen LogP contribution in [-0.4, -0.2) is 87.0 Å². The summed E-state index contributed by atoms with van der Waals surface area (Å²) in [6.07, 6.45) is 1.61. The summed E-state index contributed by atoms with van der Waals surface area (Å²) in [4.78, 5) is -0.390. The van der Waals surface area contributed by atoms with E-state index in [-0.39, 0.29) is 51.4 Å². The highest BCUT2D eigenvalue weighted by atomic mass is 32.2. The lowest BCUT2D eigenvalue weighted by Gasteiger charge is -2.11. The van der Waals surface area contributed by atoms with Crippen LogP contribution in [0.15, 0.2) is 167 Å². The van der Waals surface area contributed by atoms with Gasteiger partial charge in [0.05, 0.1) is 51.1 Å². The van der Waals surface area contributed by atoms with E-state index in [1.807, 2.05) is 55.5 Å². The lowest BCUT2D eigenvalue weighted by molar-refractivity contribution is 0.282. The molecule has 0 aliphatic rings. The van der Waals surface area contributed by atoms with Crippen molar-refractivity contribution in [3.05, 3.63) is 138 Å². The first-order valence-electron chi connectivity index (χ1n) is 22.6. The minimum Gasteiger partial charge on any atom is -0.505 e. The molecule has 27 nitrogen and oxygen atoms in total. The average Bonchev–Trinajstić information content (AvgIpc) is 3.42. The molecule has 7 rings (SSSR count). The molecular formula is C49H47N9O18S4. The number of azo groups is 4. The van der Waals surface area contributed by atoms with Crippen LogP contribution in [0.2, 0.25) is 0 Å². The van der Waals surface area contributed by atoms with Crippen molar-refractivity contribution in [2.75, 3.05) is 26.1 Å². The number of benzene rings is 7. The molecule has 0 unspecified atom stereocenters. The number of phenols is 1. The number of rotatable bonds is 19. The van der Waals surface area contributed by atoms with Crippen LogP contribution >= 0.6 is 0 Å². The van der Waals surface area contributed by atoms with Crippen molar-refractivity contribution in [2.24, 2.45) is 40.9 Å². The van der Waals surface area contributed by atoms with Crippen LogP contribution in [0.25, 0.3) is 10.8 Å². The summed E-state index contributed by atoms with van der Waals surface area (Å²) in [7, 11) is -11.0. The summed E-state index contributed by atoms with van der Waals surface area (Å²) in [6, 6.07) is 34.0. The minimum absolute atomic E-state index is 0.0515. The molecule has 7 aromatic rings. The van der Waals surface area contributed by atoms with Gasteiger partial charge in [-0.1, -0.05) is 49.7 Å². The van der Waals surface area contributed by atoms with Crippen molar-refractivity contribution >= 4 is 110 Å². The summed E-state index contributed by atoms with van der Waals surface area (Å²) < 4.78 is 127. The van der Waals surface area contributed by atoms with Crippen LogP contribution in [0.4, 0.5) is 56.9 Å². The number of methoxy groups -OCH3 is 2. The lowest BCUT2D eigenvalue weighted by Crippen LogP contribution is -1.98. The van der Waals surface area contributed by atoms with Crippen molar-refractivity contribution in [3.63, 3.8) is 0 Å². The van der Waals surface area contributed by atoms with Crippen molar-refractivity contribution < 1.29 is 80.4 Å². The smallest absolute Gasteiger partial charge is 0.425 e. The highest BCUT2D eigenvalue weighted by Gasteiger charge is 2.17. The van der Waals surface area contributed by atoms with E-state index < -0.39 is 60.1 Å². The van der Waals surface area contributed by atoms with Gasteiger partial charge in [-0.3, -0.25) is 4.55 Å². The number of aromatic hydroxyl groups is 1. The summed E-state index contributed by atoms with van der Waals surface area (Å²) in [5.74, 6) is 0.781. The molecule has 0 amide bonds. The molecule has 0 aliphatic heterocycles. The summed E-state index contributed by atoms with van der Waals surface area (Å²) in [6.45, 7) is 3.27. The van der Waals surface area contributed by atoms with Crippen molar-refractivity contribution in [2.45, 2.75) is 44.8 Å². The van der Waals surface area contributed by atoms with Crippen LogP contribution < -0.4 is 19.5 Å². The lowest BCUT2D eigenvalue weighted by atomic mass is 10.1. The molecule has 0 atom stereocenters. The normalized spacial score (nSPS) is 11.1.